The molecule has 27 heavy (non-hydrogen) atoms. The van der Waals surface area contributed by atoms with Crippen LogP contribution in [0.2, 0.25) is 0 Å². The van der Waals surface area contributed by atoms with Gasteiger partial charge in [-0.05, 0) is 68.1 Å². The van der Waals surface area contributed by atoms with Crippen molar-refractivity contribution in [2.45, 2.75) is 26.7 Å². The van der Waals surface area contributed by atoms with Gasteiger partial charge in [0.05, 0.1) is 6.20 Å². The van der Waals surface area contributed by atoms with Crippen molar-refractivity contribution in [2.24, 2.45) is 0 Å². The molecule has 0 saturated carbocycles. The smallest absolute Gasteiger partial charge is 0.249 e. The van der Waals surface area contributed by atoms with Crippen LogP contribution in [0.5, 0.6) is 0 Å². The average molecular weight is 360 g/mol. The Balaban J connectivity index is 1.47. The van der Waals surface area contributed by atoms with Crippen molar-refractivity contribution in [3.63, 3.8) is 0 Å². The summed E-state index contributed by atoms with van der Waals surface area (Å²) >= 11 is 0. The second kappa shape index (κ2) is 7.61. The van der Waals surface area contributed by atoms with Crippen molar-refractivity contribution in [1.29, 1.82) is 0 Å². The minimum atomic E-state index is 0.472. The van der Waals surface area contributed by atoms with E-state index in [-0.39, 0.29) is 0 Å². The number of benzene rings is 2. The third-order valence-electron chi connectivity index (χ3n) is 5.02. The van der Waals surface area contributed by atoms with E-state index in [2.05, 4.69) is 74.9 Å². The number of aromatic nitrogens is 3. The molecule has 0 aliphatic carbocycles. The number of hydrogen-bond donors (Lipinski definition) is 2. The highest BCUT2D eigenvalue weighted by atomic mass is 15.3. The second-order valence-electron chi connectivity index (χ2n) is 6.90. The van der Waals surface area contributed by atoms with Crippen molar-refractivity contribution in [1.82, 2.24) is 15.2 Å². The van der Waals surface area contributed by atoms with E-state index in [4.69, 9.17) is 0 Å². The van der Waals surface area contributed by atoms with Gasteiger partial charge in [0.25, 0.3) is 0 Å². The highest BCUT2D eigenvalue weighted by molar-refractivity contribution is 5.63. The van der Waals surface area contributed by atoms with Crippen LogP contribution < -0.4 is 15.5 Å². The Morgan fingerprint density at radius 3 is 2.48 bits per heavy atom. The SMILES string of the molecule is Cc1cccc(Nc2cnnc(Nc3ccc(N4CCCC4)cc3)n2)c1C. The standard InChI is InChI=1S/C21H24N6/c1-15-6-5-7-19(16(15)2)24-20-14-22-26-21(25-20)23-17-8-10-18(11-9-17)27-12-3-4-13-27/h5-11,14H,3-4,12-13H2,1-2H3,(H2,23,24,25,26). The predicted molar refractivity (Wildman–Crippen MR) is 110 cm³/mol. The van der Waals surface area contributed by atoms with E-state index in [9.17, 15) is 0 Å². The molecule has 2 heterocycles. The number of rotatable bonds is 5. The highest BCUT2D eigenvalue weighted by Crippen LogP contribution is 2.24. The summed E-state index contributed by atoms with van der Waals surface area (Å²) in [5.74, 6) is 1.13. The lowest BCUT2D eigenvalue weighted by atomic mass is 10.1. The molecular weight excluding hydrogens is 336 g/mol. The Bertz CT molecular complexity index is 916. The Morgan fingerprint density at radius 2 is 1.70 bits per heavy atom. The van der Waals surface area contributed by atoms with E-state index >= 15 is 0 Å². The van der Waals surface area contributed by atoms with Crippen molar-refractivity contribution in [2.75, 3.05) is 28.6 Å². The van der Waals surface area contributed by atoms with Crippen molar-refractivity contribution < 1.29 is 0 Å². The number of nitrogens with one attached hydrogen (secondary N) is 2. The summed E-state index contributed by atoms with van der Waals surface area (Å²) in [5.41, 5.74) is 5.67. The molecule has 6 heteroatoms. The molecule has 2 N–H and O–H groups in total. The molecule has 4 rings (SSSR count). The summed E-state index contributed by atoms with van der Waals surface area (Å²) < 4.78 is 0. The first-order valence-corrected chi connectivity index (χ1v) is 9.34. The van der Waals surface area contributed by atoms with E-state index < -0.39 is 0 Å². The maximum atomic E-state index is 4.53. The molecule has 1 aliphatic rings. The normalized spacial score (nSPS) is 13.6. The third-order valence-corrected chi connectivity index (χ3v) is 5.02. The van der Waals surface area contributed by atoms with Gasteiger partial charge in [0.15, 0.2) is 5.82 Å². The largest absolute Gasteiger partial charge is 0.372 e. The highest BCUT2D eigenvalue weighted by Gasteiger charge is 2.12. The van der Waals surface area contributed by atoms with Crippen LogP contribution in [0.1, 0.15) is 24.0 Å². The molecule has 1 fully saturated rings. The fourth-order valence-electron chi connectivity index (χ4n) is 3.30. The van der Waals surface area contributed by atoms with E-state index in [1.54, 1.807) is 6.20 Å². The zero-order chi connectivity index (χ0) is 18.6. The van der Waals surface area contributed by atoms with Crippen LogP contribution in [0.3, 0.4) is 0 Å². The minimum absolute atomic E-state index is 0.472. The van der Waals surface area contributed by atoms with Crippen LogP contribution in [-0.2, 0) is 0 Å². The van der Waals surface area contributed by atoms with Gasteiger partial charge in [-0.15, -0.1) is 5.10 Å². The monoisotopic (exact) mass is 360 g/mol. The van der Waals surface area contributed by atoms with Crippen molar-refractivity contribution in [3.8, 4) is 0 Å². The molecule has 0 atom stereocenters. The van der Waals surface area contributed by atoms with Gasteiger partial charge in [0, 0.05) is 30.2 Å². The fourth-order valence-corrected chi connectivity index (χ4v) is 3.30. The molecule has 6 nitrogen and oxygen atoms in total. The van der Waals surface area contributed by atoms with E-state index in [0.29, 0.717) is 11.8 Å². The van der Waals surface area contributed by atoms with Crippen LogP contribution in [0.15, 0.2) is 48.7 Å². The van der Waals surface area contributed by atoms with E-state index in [1.807, 2.05) is 12.1 Å². The molecule has 0 radical (unpaired) electrons. The minimum Gasteiger partial charge on any atom is -0.372 e. The second-order valence-corrected chi connectivity index (χ2v) is 6.90. The molecule has 0 bridgehead atoms. The van der Waals surface area contributed by atoms with Crippen LogP contribution in [-0.4, -0.2) is 28.3 Å². The summed E-state index contributed by atoms with van der Waals surface area (Å²) in [5, 5.41) is 14.7. The van der Waals surface area contributed by atoms with Crippen LogP contribution in [0.25, 0.3) is 0 Å². The number of nitrogens with zero attached hydrogens (tertiary/aromatic N) is 4. The molecule has 1 aromatic heterocycles. The Labute approximate surface area is 159 Å². The molecule has 3 aromatic rings. The first-order valence-electron chi connectivity index (χ1n) is 9.34. The van der Waals surface area contributed by atoms with Gasteiger partial charge in [-0.2, -0.15) is 10.1 Å². The summed E-state index contributed by atoms with van der Waals surface area (Å²) in [4.78, 5) is 6.94. The number of anilines is 5. The lowest BCUT2D eigenvalue weighted by molar-refractivity contribution is 0.949. The molecule has 0 spiro atoms. The zero-order valence-electron chi connectivity index (χ0n) is 15.7. The third kappa shape index (κ3) is 4.00. The molecule has 0 unspecified atom stereocenters. The summed E-state index contributed by atoms with van der Waals surface area (Å²) in [6, 6.07) is 14.6. The van der Waals surface area contributed by atoms with Gasteiger partial charge in [0.1, 0.15) is 0 Å². The molecule has 138 valence electrons. The molecule has 1 aliphatic heterocycles. The van der Waals surface area contributed by atoms with Gasteiger partial charge in [-0.25, -0.2) is 0 Å². The van der Waals surface area contributed by atoms with E-state index in [0.717, 1.165) is 24.5 Å². The van der Waals surface area contributed by atoms with Crippen LogP contribution >= 0.6 is 0 Å². The number of aryl methyl sites for hydroxylation is 1. The van der Waals surface area contributed by atoms with Gasteiger partial charge in [-0.3, -0.25) is 0 Å². The van der Waals surface area contributed by atoms with Crippen molar-refractivity contribution >= 4 is 28.8 Å². The molecule has 2 aromatic carbocycles. The average Bonchev–Trinajstić information content (AvgIpc) is 3.21. The lowest BCUT2D eigenvalue weighted by Gasteiger charge is -2.17. The first-order chi connectivity index (χ1) is 13.2. The van der Waals surface area contributed by atoms with Crippen LogP contribution in [0.4, 0.5) is 28.8 Å². The topological polar surface area (TPSA) is 66.0 Å². The van der Waals surface area contributed by atoms with Gasteiger partial charge in [0.2, 0.25) is 5.95 Å². The summed E-state index contributed by atoms with van der Waals surface area (Å²) in [7, 11) is 0. The summed E-state index contributed by atoms with van der Waals surface area (Å²) in [6.07, 6.45) is 4.18. The van der Waals surface area contributed by atoms with E-state index in [1.165, 1.54) is 29.7 Å². The predicted octanol–water partition coefficient (Wildman–Crippen LogP) is 4.58. The quantitative estimate of drug-likeness (QED) is 0.694. The van der Waals surface area contributed by atoms with Gasteiger partial charge in [-0.1, -0.05) is 12.1 Å². The zero-order valence-corrected chi connectivity index (χ0v) is 15.7. The molecule has 0 amide bonds. The van der Waals surface area contributed by atoms with Crippen LogP contribution in [0, 0.1) is 13.8 Å². The summed E-state index contributed by atoms with van der Waals surface area (Å²) in [6.45, 7) is 6.47. The number of hydrogen-bond acceptors (Lipinski definition) is 6. The fraction of sp³-hybridized carbons (Fsp3) is 0.286. The Morgan fingerprint density at radius 1 is 0.926 bits per heavy atom. The molecule has 1 saturated heterocycles. The van der Waals surface area contributed by atoms with Gasteiger partial charge >= 0.3 is 0 Å². The Hall–Kier alpha value is -3.15. The molecular formula is C21H24N6. The van der Waals surface area contributed by atoms with Gasteiger partial charge < -0.3 is 15.5 Å². The van der Waals surface area contributed by atoms with Crippen molar-refractivity contribution in [3.05, 3.63) is 59.8 Å². The lowest BCUT2D eigenvalue weighted by Crippen LogP contribution is -2.17. The maximum Gasteiger partial charge on any atom is 0.249 e. The Kier molecular flexibility index (Phi) is 4.87. The maximum absolute atomic E-state index is 4.53. The first kappa shape index (κ1) is 17.3.